The monoisotopic (exact) mass is 411 g/mol. The number of aryl methyl sites for hydroxylation is 2. The van der Waals surface area contributed by atoms with Crippen LogP contribution in [0.1, 0.15) is 48.8 Å². The fourth-order valence-corrected chi connectivity index (χ4v) is 4.53. The lowest BCUT2D eigenvalue weighted by molar-refractivity contribution is -0.146. The normalized spacial score (nSPS) is 21.2. The van der Waals surface area contributed by atoms with Gasteiger partial charge in [-0.2, -0.15) is 0 Å². The Morgan fingerprint density at radius 1 is 1.10 bits per heavy atom. The Morgan fingerprint density at radius 3 is 2.43 bits per heavy atom. The minimum atomic E-state index is -0.518. The Labute approximate surface area is 174 Å². The first-order chi connectivity index (χ1) is 14.4. The molecule has 30 heavy (non-hydrogen) atoms. The van der Waals surface area contributed by atoms with Crippen molar-refractivity contribution < 1.29 is 23.5 Å². The molecule has 4 rings (SSSR count). The van der Waals surface area contributed by atoms with E-state index in [9.17, 15) is 19.2 Å². The van der Waals surface area contributed by atoms with Crippen molar-refractivity contribution in [2.45, 2.75) is 52.6 Å². The van der Waals surface area contributed by atoms with Gasteiger partial charge in [0, 0.05) is 23.6 Å². The number of benzene rings is 1. The van der Waals surface area contributed by atoms with Crippen LogP contribution in [0, 0.1) is 25.7 Å². The van der Waals surface area contributed by atoms with Crippen LogP contribution in [0.15, 0.2) is 27.4 Å². The summed E-state index contributed by atoms with van der Waals surface area (Å²) >= 11 is 0. The molecule has 2 amide bonds. The predicted octanol–water partition coefficient (Wildman–Crippen LogP) is 3.02. The number of carbonyl (C=O) groups excluding carboxylic acids is 3. The number of esters is 1. The van der Waals surface area contributed by atoms with Crippen molar-refractivity contribution in [3.05, 3.63) is 45.3 Å². The van der Waals surface area contributed by atoms with Gasteiger partial charge in [-0.05, 0) is 37.8 Å². The van der Waals surface area contributed by atoms with Gasteiger partial charge in [-0.1, -0.05) is 25.0 Å². The quantitative estimate of drug-likeness (QED) is 0.426. The molecule has 7 nitrogen and oxygen atoms in total. The zero-order valence-electron chi connectivity index (χ0n) is 17.2. The molecule has 2 atom stereocenters. The zero-order valence-corrected chi connectivity index (χ0v) is 17.2. The molecule has 2 aromatic rings. The lowest BCUT2D eigenvalue weighted by atomic mass is 9.81. The Bertz CT molecular complexity index is 1060. The molecule has 2 aliphatic rings. The third-order valence-electron chi connectivity index (χ3n) is 6.38. The van der Waals surface area contributed by atoms with Gasteiger partial charge in [0.2, 0.25) is 11.8 Å². The summed E-state index contributed by atoms with van der Waals surface area (Å²) < 4.78 is 10.7. The summed E-state index contributed by atoms with van der Waals surface area (Å²) in [6.45, 7) is 3.77. The smallest absolute Gasteiger partial charge is 0.336 e. The van der Waals surface area contributed by atoms with Crippen LogP contribution < -0.4 is 5.63 Å². The highest BCUT2D eigenvalue weighted by Crippen LogP contribution is 2.38. The molecule has 158 valence electrons. The molecule has 0 unspecified atom stereocenters. The number of imide groups is 1. The molecule has 2 heterocycles. The summed E-state index contributed by atoms with van der Waals surface area (Å²) in [5.74, 6) is -1.27. The van der Waals surface area contributed by atoms with Crippen molar-refractivity contribution in [1.29, 1.82) is 0 Å². The highest BCUT2D eigenvalue weighted by molar-refractivity contribution is 6.05. The molecule has 2 fully saturated rings. The van der Waals surface area contributed by atoms with Crippen molar-refractivity contribution in [2.75, 3.05) is 6.54 Å². The topological polar surface area (TPSA) is 93.9 Å². The number of hydrogen-bond acceptors (Lipinski definition) is 6. The van der Waals surface area contributed by atoms with Crippen LogP contribution in [0.5, 0.6) is 0 Å². The largest absolute Gasteiger partial charge is 0.461 e. The predicted molar refractivity (Wildman–Crippen MR) is 109 cm³/mol. The fourth-order valence-electron chi connectivity index (χ4n) is 4.53. The van der Waals surface area contributed by atoms with Crippen LogP contribution in [0.25, 0.3) is 11.0 Å². The maximum absolute atomic E-state index is 12.5. The fraction of sp³-hybridized carbons (Fsp3) is 0.478. The summed E-state index contributed by atoms with van der Waals surface area (Å²) in [5, 5.41) is 0.722. The molecule has 7 heteroatoms. The number of ether oxygens (including phenoxy) is 1. The third kappa shape index (κ3) is 3.64. The van der Waals surface area contributed by atoms with E-state index in [2.05, 4.69) is 0 Å². The van der Waals surface area contributed by atoms with Crippen LogP contribution in [0.3, 0.4) is 0 Å². The number of hydrogen-bond donors (Lipinski definition) is 0. The molecule has 1 aliphatic heterocycles. The van der Waals surface area contributed by atoms with Crippen LogP contribution in [-0.4, -0.2) is 29.2 Å². The lowest BCUT2D eigenvalue weighted by Gasteiger charge is -2.19. The second-order valence-electron chi connectivity index (χ2n) is 8.21. The number of carbonyl (C=O) groups is 3. The lowest BCUT2D eigenvalue weighted by Crippen LogP contribution is -2.33. The number of rotatable bonds is 5. The van der Waals surface area contributed by atoms with Gasteiger partial charge >= 0.3 is 11.6 Å². The van der Waals surface area contributed by atoms with Crippen molar-refractivity contribution in [3.8, 4) is 0 Å². The van der Waals surface area contributed by atoms with Crippen LogP contribution in [-0.2, 0) is 25.7 Å². The van der Waals surface area contributed by atoms with Crippen molar-refractivity contribution in [2.24, 2.45) is 11.8 Å². The van der Waals surface area contributed by atoms with E-state index in [1.54, 1.807) is 0 Å². The number of fused-ring (bicyclic) bond motifs is 2. The summed E-state index contributed by atoms with van der Waals surface area (Å²) in [4.78, 5) is 50.4. The van der Waals surface area contributed by atoms with Crippen LogP contribution in [0.4, 0.5) is 0 Å². The van der Waals surface area contributed by atoms with Crippen molar-refractivity contribution in [3.63, 3.8) is 0 Å². The molecule has 1 saturated heterocycles. The highest BCUT2D eigenvalue weighted by Gasteiger charge is 2.47. The van der Waals surface area contributed by atoms with Crippen molar-refractivity contribution >= 4 is 28.8 Å². The summed E-state index contributed by atoms with van der Waals surface area (Å²) in [7, 11) is 0. The Morgan fingerprint density at radius 2 is 1.77 bits per heavy atom. The second-order valence-corrected chi connectivity index (χ2v) is 8.21. The minimum absolute atomic E-state index is 0.0411. The molecule has 0 bridgehead atoms. The van der Waals surface area contributed by atoms with E-state index in [1.165, 1.54) is 11.0 Å². The summed E-state index contributed by atoms with van der Waals surface area (Å²) in [6.07, 6.45) is 3.37. The van der Waals surface area contributed by atoms with E-state index in [-0.39, 0.29) is 43.2 Å². The van der Waals surface area contributed by atoms with Crippen LogP contribution >= 0.6 is 0 Å². The number of amides is 2. The van der Waals surface area contributed by atoms with Gasteiger partial charge in [0.25, 0.3) is 0 Å². The van der Waals surface area contributed by atoms with Gasteiger partial charge in [-0.25, -0.2) is 4.79 Å². The number of nitrogens with zero attached hydrogens (tertiary/aromatic N) is 1. The highest BCUT2D eigenvalue weighted by atomic mass is 16.5. The Hall–Kier alpha value is -2.96. The summed E-state index contributed by atoms with van der Waals surface area (Å²) in [5.41, 5.74) is 2.42. The SMILES string of the molecule is Cc1ccc2c(COC(=O)CCN3C(=O)[C@@H]4CCCC[C@H]4C3=O)cc(=O)oc2c1C. The van der Waals surface area contributed by atoms with Gasteiger partial charge in [-0.15, -0.1) is 0 Å². The van der Waals surface area contributed by atoms with Crippen molar-refractivity contribution in [1.82, 2.24) is 4.90 Å². The van der Waals surface area contributed by atoms with E-state index in [0.717, 1.165) is 42.2 Å². The Balaban J connectivity index is 1.40. The molecule has 0 spiro atoms. The molecule has 0 radical (unpaired) electrons. The standard InChI is InChI=1S/C23H25NO6/c1-13-7-8-16-15(11-20(26)30-21(16)14(13)2)12-29-19(25)9-10-24-22(27)17-5-3-4-6-18(17)23(24)28/h7-8,11,17-18H,3-6,9-10,12H2,1-2H3/t17-,18-/m1/s1. The second kappa shape index (κ2) is 8.05. The van der Waals surface area contributed by atoms with Gasteiger partial charge in [0.15, 0.2) is 0 Å². The first-order valence-electron chi connectivity index (χ1n) is 10.4. The average Bonchev–Trinajstić information content (AvgIpc) is 2.98. The van der Waals surface area contributed by atoms with Gasteiger partial charge < -0.3 is 9.15 Å². The van der Waals surface area contributed by atoms with Gasteiger partial charge in [-0.3, -0.25) is 19.3 Å². The van der Waals surface area contributed by atoms with E-state index in [0.29, 0.717) is 11.1 Å². The third-order valence-corrected chi connectivity index (χ3v) is 6.38. The molecule has 1 aromatic carbocycles. The molecule has 1 saturated carbocycles. The van der Waals surface area contributed by atoms with Crippen LogP contribution in [0.2, 0.25) is 0 Å². The molecule has 1 aromatic heterocycles. The first-order valence-corrected chi connectivity index (χ1v) is 10.4. The minimum Gasteiger partial charge on any atom is -0.461 e. The summed E-state index contributed by atoms with van der Waals surface area (Å²) in [6, 6.07) is 5.09. The molecule has 0 N–H and O–H groups in total. The molecular weight excluding hydrogens is 386 g/mol. The maximum Gasteiger partial charge on any atom is 0.336 e. The van der Waals surface area contributed by atoms with Gasteiger partial charge in [0.05, 0.1) is 18.3 Å². The number of likely N-dealkylation sites (tertiary alicyclic amines) is 1. The maximum atomic E-state index is 12.5. The average molecular weight is 411 g/mol. The molecular formula is C23H25NO6. The van der Waals surface area contributed by atoms with E-state index in [1.807, 2.05) is 26.0 Å². The van der Waals surface area contributed by atoms with Gasteiger partial charge in [0.1, 0.15) is 12.2 Å². The molecule has 1 aliphatic carbocycles. The first kappa shape index (κ1) is 20.3. The Kier molecular flexibility index (Phi) is 5.45. The van der Waals surface area contributed by atoms with E-state index < -0.39 is 11.6 Å². The zero-order chi connectivity index (χ0) is 21.4. The van der Waals surface area contributed by atoms with E-state index >= 15 is 0 Å². The van der Waals surface area contributed by atoms with E-state index in [4.69, 9.17) is 9.15 Å².